The molecule has 10 heteroatoms. The van der Waals surface area contributed by atoms with E-state index in [2.05, 4.69) is 10.3 Å². The minimum atomic E-state index is -4.39. The average molecular weight is 306 g/mol. The van der Waals surface area contributed by atoms with E-state index in [1.165, 1.54) is 14.1 Å². The van der Waals surface area contributed by atoms with Crippen LogP contribution < -0.4 is 5.32 Å². The second-order valence-electron chi connectivity index (χ2n) is 4.19. The van der Waals surface area contributed by atoms with Crippen LogP contribution in [0.15, 0.2) is 12.3 Å². The lowest BCUT2D eigenvalue weighted by atomic mass is 10.2. The Bertz CT molecular complexity index is 548. The number of carbonyl (C=O) groups excluding carboxylic acids is 1. The molecule has 1 aromatic heterocycles. The molecular formula is C11H13F3N4O3. The number of nitrogens with zero attached hydrogens (tertiary/aromatic N) is 3. The minimum absolute atomic E-state index is 0.0597. The average Bonchev–Trinajstić information content (AvgIpc) is 2.42. The van der Waals surface area contributed by atoms with E-state index in [4.69, 9.17) is 0 Å². The lowest BCUT2D eigenvalue weighted by Gasteiger charge is -2.19. The Morgan fingerprint density at radius 2 is 2.14 bits per heavy atom. The third kappa shape index (κ3) is 4.58. The molecule has 1 heterocycles. The molecule has 21 heavy (non-hydrogen) atoms. The van der Waals surface area contributed by atoms with Gasteiger partial charge in [-0.3, -0.25) is 14.9 Å². The van der Waals surface area contributed by atoms with Crippen LogP contribution in [0, 0.1) is 10.1 Å². The van der Waals surface area contributed by atoms with Gasteiger partial charge in [0.2, 0.25) is 0 Å². The number of alkyl halides is 3. The number of aromatic nitrogens is 1. The van der Waals surface area contributed by atoms with E-state index < -0.39 is 35.7 Å². The topological polar surface area (TPSA) is 88.4 Å². The first-order valence-electron chi connectivity index (χ1n) is 5.80. The molecule has 0 aliphatic heterocycles. The Hall–Kier alpha value is -2.39. The molecule has 1 aromatic rings. The molecule has 0 aliphatic rings. The summed E-state index contributed by atoms with van der Waals surface area (Å²) in [5.74, 6) is -0.718. The smallest absolute Gasteiger partial charge is 0.372 e. The standard InChI is InChI=1S/C11H13F3N4O3/c1-15-9-8(5-7(6-16-9)18(20)21)10(19)17(2)4-3-11(12,13)14/h5-6H,3-4H2,1-2H3,(H,15,16). The van der Waals surface area contributed by atoms with Gasteiger partial charge in [0.15, 0.2) is 0 Å². The molecule has 1 N–H and O–H groups in total. The van der Waals surface area contributed by atoms with Crippen LogP contribution in [-0.4, -0.2) is 47.5 Å². The van der Waals surface area contributed by atoms with Gasteiger partial charge in [-0.1, -0.05) is 0 Å². The lowest BCUT2D eigenvalue weighted by Crippen LogP contribution is -2.31. The largest absolute Gasteiger partial charge is 0.390 e. The second kappa shape index (κ2) is 6.37. The minimum Gasteiger partial charge on any atom is -0.372 e. The third-order valence-corrected chi connectivity index (χ3v) is 2.63. The number of halogens is 3. The van der Waals surface area contributed by atoms with Gasteiger partial charge in [0, 0.05) is 26.7 Å². The third-order valence-electron chi connectivity index (χ3n) is 2.63. The van der Waals surface area contributed by atoms with Crippen molar-refractivity contribution in [3.63, 3.8) is 0 Å². The summed E-state index contributed by atoms with van der Waals surface area (Å²) in [4.78, 5) is 26.6. The summed E-state index contributed by atoms with van der Waals surface area (Å²) >= 11 is 0. The van der Waals surface area contributed by atoms with Crippen molar-refractivity contribution < 1.29 is 22.9 Å². The van der Waals surface area contributed by atoms with Crippen molar-refractivity contribution in [1.29, 1.82) is 0 Å². The van der Waals surface area contributed by atoms with Gasteiger partial charge in [-0.2, -0.15) is 13.2 Å². The normalized spacial score (nSPS) is 11.1. The van der Waals surface area contributed by atoms with Crippen molar-refractivity contribution in [2.24, 2.45) is 0 Å². The van der Waals surface area contributed by atoms with E-state index in [1.807, 2.05) is 0 Å². The quantitative estimate of drug-likeness (QED) is 0.664. The maximum absolute atomic E-state index is 12.1. The Morgan fingerprint density at radius 3 is 2.62 bits per heavy atom. The zero-order chi connectivity index (χ0) is 16.2. The summed E-state index contributed by atoms with van der Waals surface area (Å²) in [6.45, 7) is -0.547. The first kappa shape index (κ1) is 16.7. The second-order valence-corrected chi connectivity index (χ2v) is 4.19. The molecule has 0 fully saturated rings. The number of nitrogens with one attached hydrogen (secondary N) is 1. The fraction of sp³-hybridized carbons (Fsp3) is 0.455. The molecule has 1 rings (SSSR count). The summed E-state index contributed by atoms with van der Waals surface area (Å²) in [6, 6.07) is 0.977. The van der Waals surface area contributed by atoms with Gasteiger partial charge < -0.3 is 10.2 Å². The molecule has 7 nitrogen and oxygen atoms in total. The van der Waals surface area contributed by atoms with E-state index in [9.17, 15) is 28.1 Å². The highest BCUT2D eigenvalue weighted by Gasteiger charge is 2.29. The zero-order valence-corrected chi connectivity index (χ0v) is 11.3. The Kier molecular flexibility index (Phi) is 5.06. The molecule has 0 saturated heterocycles. The van der Waals surface area contributed by atoms with Crippen molar-refractivity contribution in [3.8, 4) is 0 Å². The van der Waals surface area contributed by atoms with Crippen LogP contribution in [0.1, 0.15) is 16.8 Å². The van der Waals surface area contributed by atoms with Crippen LogP contribution >= 0.6 is 0 Å². The molecule has 0 radical (unpaired) electrons. The van der Waals surface area contributed by atoms with Crippen LogP contribution in [0.3, 0.4) is 0 Å². The lowest BCUT2D eigenvalue weighted by molar-refractivity contribution is -0.385. The van der Waals surface area contributed by atoms with E-state index in [0.29, 0.717) is 0 Å². The molecule has 0 bridgehead atoms. The van der Waals surface area contributed by atoms with Crippen molar-refractivity contribution in [1.82, 2.24) is 9.88 Å². The highest BCUT2D eigenvalue weighted by molar-refractivity contribution is 5.99. The highest BCUT2D eigenvalue weighted by atomic mass is 19.4. The van der Waals surface area contributed by atoms with Gasteiger partial charge in [0.05, 0.1) is 16.9 Å². The van der Waals surface area contributed by atoms with E-state index >= 15 is 0 Å². The SMILES string of the molecule is CNc1ncc([N+](=O)[O-])cc1C(=O)N(C)CCC(F)(F)F. The maximum atomic E-state index is 12.1. The number of hydrogen-bond acceptors (Lipinski definition) is 5. The maximum Gasteiger partial charge on any atom is 0.390 e. The molecule has 0 unspecified atom stereocenters. The molecule has 0 atom stereocenters. The van der Waals surface area contributed by atoms with E-state index in [1.54, 1.807) is 0 Å². The number of carbonyl (C=O) groups is 1. The Morgan fingerprint density at radius 1 is 1.52 bits per heavy atom. The first-order valence-corrected chi connectivity index (χ1v) is 5.80. The van der Waals surface area contributed by atoms with Gasteiger partial charge >= 0.3 is 6.18 Å². The van der Waals surface area contributed by atoms with Gasteiger partial charge in [-0.25, -0.2) is 4.98 Å². The predicted molar refractivity (Wildman–Crippen MR) is 68.1 cm³/mol. The molecule has 0 aliphatic carbocycles. The summed E-state index contributed by atoms with van der Waals surface area (Å²) in [5, 5.41) is 13.2. The van der Waals surface area contributed by atoms with E-state index in [-0.39, 0.29) is 11.4 Å². The number of pyridine rings is 1. The molecule has 0 aromatic carbocycles. The molecular weight excluding hydrogens is 293 g/mol. The van der Waals surface area contributed by atoms with Gasteiger partial charge in [0.25, 0.3) is 11.6 Å². The van der Waals surface area contributed by atoms with Gasteiger partial charge in [-0.05, 0) is 0 Å². The predicted octanol–water partition coefficient (Wildman–Crippen LogP) is 2.06. The van der Waals surface area contributed by atoms with Gasteiger partial charge in [-0.15, -0.1) is 0 Å². The van der Waals surface area contributed by atoms with Crippen LogP contribution in [0.4, 0.5) is 24.7 Å². The van der Waals surface area contributed by atoms with Gasteiger partial charge in [0.1, 0.15) is 12.0 Å². The van der Waals surface area contributed by atoms with Crippen LogP contribution in [-0.2, 0) is 0 Å². The first-order chi connectivity index (χ1) is 9.65. The molecule has 0 saturated carbocycles. The monoisotopic (exact) mass is 306 g/mol. The fourth-order valence-corrected chi connectivity index (χ4v) is 1.52. The fourth-order valence-electron chi connectivity index (χ4n) is 1.52. The summed E-state index contributed by atoms with van der Waals surface area (Å²) in [6.07, 6.45) is -4.59. The summed E-state index contributed by atoms with van der Waals surface area (Å²) < 4.78 is 36.4. The van der Waals surface area contributed by atoms with Crippen molar-refractivity contribution in [2.75, 3.05) is 26.0 Å². The molecule has 1 amide bonds. The van der Waals surface area contributed by atoms with Crippen molar-refractivity contribution in [2.45, 2.75) is 12.6 Å². The number of anilines is 1. The molecule has 0 spiro atoms. The summed E-state index contributed by atoms with van der Waals surface area (Å²) in [7, 11) is 2.63. The number of hydrogen-bond donors (Lipinski definition) is 1. The zero-order valence-electron chi connectivity index (χ0n) is 11.3. The number of nitro groups is 1. The number of rotatable bonds is 5. The highest BCUT2D eigenvalue weighted by Crippen LogP contribution is 2.22. The number of amides is 1. The van der Waals surface area contributed by atoms with Crippen molar-refractivity contribution in [3.05, 3.63) is 27.9 Å². The van der Waals surface area contributed by atoms with E-state index in [0.717, 1.165) is 17.2 Å². The molecule has 116 valence electrons. The van der Waals surface area contributed by atoms with Crippen LogP contribution in [0.25, 0.3) is 0 Å². The summed E-state index contributed by atoms with van der Waals surface area (Å²) in [5.41, 5.74) is -0.571. The van der Waals surface area contributed by atoms with Crippen LogP contribution in [0.5, 0.6) is 0 Å². The van der Waals surface area contributed by atoms with Crippen molar-refractivity contribution >= 4 is 17.4 Å². The van der Waals surface area contributed by atoms with Crippen LogP contribution in [0.2, 0.25) is 0 Å². The Labute approximate surface area is 117 Å². The Balaban J connectivity index is 2.99.